The maximum Gasteiger partial charge on any atom is 0.312 e. The predicted octanol–water partition coefficient (Wildman–Crippen LogP) is 0.618. The van der Waals surface area contributed by atoms with E-state index in [-0.39, 0.29) is 37.6 Å². The number of methoxy groups -OCH3 is 1. The van der Waals surface area contributed by atoms with Crippen molar-refractivity contribution in [2.24, 2.45) is 17.6 Å². The summed E-state index contributed by atoms with van der Waals surface area (Å²) in [5.74, 6) is -3.66. The highest BCUT2D eigenvalue weighted by molar-refractivity contribution is 5.97. The number of para-hydroxylation sites is 1. The monoisotopic (exact) mass is 789 g/mol. The first-order chi connectivity index (χ1) is 27.0. The fraction of sp³-hybridized carbons (Fsp3) is 0.475. The number of nitrogens with two attached hydrogens (primary N) is 1. The third kappa shape index (κ3) is 12.7. The van der Waals surface area contributed by atoms with Crippen molar-refractivity contribution >= 4 is 52.4 Å². The molecular weight excluding hydrogens is 734 g/mol. The summed E-state index contributed by atoms with van der Waals surface area (Å²) in [5, 5.41) is 17.0. The second-order valence-corrected chi connectivity index (χ2v) is 15.1. The van der Waals surface area contributed by atoms with Crippen LogP contribution in [-0.4, -0.2) is 108 Å². The molecule has 0 aliphatic carbocycles. The Labute approximate surface area is 332 Å². The van der Waals surface area contributed by atoms with Crippen LogP contribution in [0, 0.1) is 11.8 Å². The maximum absolute atomic E-state index is 14.3. The van der Waals surface area contributed by atoms with Gasteiger partial charge in [0, 0.05) is 42.5 Å². The number of nitrogens with zero attached hydrogens (tertiary/aromatic N) is 1. The molecule has 0 radical (unpaired) electrons. The van der Waals surface area contributed by atoms with Gasteiger partial charge in [0.25, 0.3) is 0 Å². The Morgan fingerprint density at radius 3 is 2.11 bits per heavy atom. The maximum atomic E-state index is 14.3. The largest absolute Gasteiger partial charge is 0.497 e. The van der Waals surface area contributed by atoms with E-state index in [0.29, 0.717) is 16.9 Å². The first kappa shape index (κ1) is 43.6. The van der Waals surface area contributed by atoms with Crippen molar-refractivity contribution in [1.82, 2.24) is 41.8 Å². The van der Waals surface area contributed by atoms with E-state index < -0.39 is 84.8 Å². The van der Waals surface area contributed by atoms with Crippen LogP contribution >= 0.6 is 0 Å². The number of urea groups is 1. The molecule has 3 aromatic rings. The minimum absolute atomic E-state index is 0.0137. The SMILES string of the molecule is COc1ccc(C[C@@H]2NC(=O)[C@H](CC(C)C)NC(=O)[C@@H](Cc3c[nH]c4ccccc34)NC(=O)CN(C(=O)CNC(N)=O)C[C@H](C(C)C)NC(=O)[C@@H](C)NC2=O)cc1. The molecule has 57 heavy (non-hydrogen) atoms. The van der Waals surface area contributed by atoms with Crippen LogP contribution in [0.4, 0.5) is 4.79 Å². The lowest BCUT2D eigenvalue weighted by molar-refractivity contribution is -0.138. The normalized spacial score (nSPS) is 21.8. The number of H-pyrrole nitrogens is 1. The molecule has 2 heterocycles. The van der Waals surface area contributed by atoms with Crippen molar-refractivity contribution in [3.8, 4) is 5.75 Å². The van der Waals surface area contributed by atoms with Crippen LogP contribution < -0.4 is 42.4 Å². The first-order valence-corrected chi connectivity index (χ1v) is 19.0. The van der Waals surface area contributed by atoms with Crippen LogP contribution in [0.3, 0.4) is 0 Å². The third-order valence-electron chi connectivity index (χ3n) is 9.73. The second-order valence-electron chi connectivity index (χ2n) is 15.1. The van der Waals surface area contributed by atoms with Crippen LogP contribution in [0.2, 0.25) is 0 Å². The number of fused-ring (bicyclic) bond motifs is 1. The molecule has 1 aliphatic rings. The summed E-state index contributed by atoms with van der Waals surface area (Å²) in [6.45, 7) is 7.60. The topological polar surface area (TPSA) is 246 Å². The number of primary amides is 1. The van der Waals surface area contributed by atoms with E-state index in [1.165, 1.54) is 14.0 Å². The zero-order chi connectivity index (χ0) is 41.8. The summed E-state index contributed by atoms with van der Waals surface area (Å²) in [4.78, 5) is 99.0. The summed E-state index contributed by atoms with van der Waals surface area (Å²) in [5.41, 5.74) is 7.44. The number of nitrogens with one attached hydrogen (secondary N) is 7. The van der Waals surface area contributed by atoms with Crippen LogP contribution in [0.25, 0.3) is 10.9 Å². The van der Waals surface area contributed by atoms with Gasteiger partial charge in [-0.15, -0.1) is 0 Å². The summed E-state index contributed by atoms with van der Waals surface area (Å²) < 4.78 is 5.27. The van der Waals surface area contributed by atoms with Gasteiger partial charge >= 0.3 is 6.03 Å². The van der Waals surface area contributed by atoms with Gasteiger partial charge in [-0.3, -0.25) is 28.8 Å². The number of hydrogen-bond acceptors (Lipinski definition) is 8. The van der Waals surface area contributed by atoms with Crippen LogP contribution in [0.15, 0.2) is 54.7 Å². The lowest BCUT2D eigenvalue weighted by Gasteiger charge is -2.32. The van der Waals surface area contributed by atoms with E-state index in [1.54, 1.807) is 44.3 Å². The van der Waals surface area contributed by atoms with Gasteiger partial charge in [-0.2, -0.15) is 0 Å². The number of carbonyl (C=O) groups is 7. The van der Waals surface area contributed by atoms with Gasteiger partial charge in [-0.05, 0) is 54.5 Å². The summed E-state index contributed by atoms with van der Waals surface area (Å²) in [7, 11) is 1.53. The summed E-state index contributed by atoms with van der Waals surface area (Å²) in [6, 6.07) is 8.12. The standard InChI is InChI=1S/C40H55N9O8/c1-22(2)15-30-38(54)47-31(16-25-11-13-27(57-6)14-12-25)37(53)44-24(5)36(52)48-33(23(3)4)20-49(35(51)19-43-40(41)56)21-34(50)45-32(39(55)46-30)17-26-18-42-29-10-8-7-9-28(26)29/h7-14,18,22-24,30-33,42H,15-17,19-21H2,1-6H3,(H,44,53)(H,45,50)(H,46,55)(H,47,54)(H,48,52)(H3,41,43,56)/t24-,30+,31+,32-,33-/m1/s1. The molecule has 0 spiro atoms. The number of benzene rings is 2. The summed E-state index contributed by atoms with van der Waals surface area (Å²) >= 11 is 0. The molecule has 308 valence electrons. The van der Waals surface area contributed by atoms with Crippen molar-refractivity contribution in [1.29, 1.82) is 0 Å². The molecule has 1 aromatic heterocycles. The third-order valence-corrected chi connectivity index (χ3v) is 9.73. The fourth-order valence-electron chi connectivity index (χ4n) is 6.47. The van der Waals surface area contributed by atoms with Crippen molar-refractivity contribution in [3.05, 3.63) is 65.9 Å². The molecule has 0 bridgehead atoms. The van der Waals surface area contributed by atoms with E-state index in [9.17, 15) is 33.6 Å². The lowest BCUT2D eigenvalue weighted by Crippen LogP contribution is -2.61. The molecule has 1 fully saturated rings. The molecule has 1 aliphatic heterocycles. The Kier molecular flexibility index (Phi) is 15.4. The average molecular weight is 790 g/mol. The quantitative estimate of drug-likeness (QED) is 0.144. The molecule has 17 heteroatoms. The lowest BCUT2D eigenvalue weighted by atomic mass is 9.99. The van der Waals surface area contributed by atoms with E-state index in [4.69, 9.17) is 10.5 Å². The van der Waals surface area contributed by atoms with E-state index in [1.807, 2.05) is 38.1 Å². The van der Waals surface area contributed by atoms with Gasteiger partial charge in [0.1, 0.15) is 29.9 Å². The van der Waals surface area contributed by atoms with Gasteiger partial charge in [-0.1, -0.05) is 58.0 Å². The van der Waals surface area contributed by atoms with Gasteiger partial charge in [0.05, 0.1) is 20.2 Å². The van der Waals surface area contributed by atoms with E-state index in [2.05, 4.69) is 36.9 Å². The molecule has 4 rings (SSSR count). The number of carbonyl (C=O) groups excluding carboxylic acids is 7. The van der Waals surface area contributed by atoms with E-state index >= 15 is 0 Å². The molecule has 9 N–H and O–H groups in total. The van der Waals surface area contributed by atoms with Crippen LogP contribution in [0.1, 0.15) is 52.2 Å². The highest BCUT2D eigenvalue weighted by Gasteiger charge is 2.34. The summed E-state index contributed by atoms with van der Waals surface area (Å²) in [6.07, 6.45) is 1.98. The minimum Gasteiger partial charge on any atom is -0.497 e. The van der Waals surface area contributed by atoms with E-state index in [0.717, 1.165) is 15.8 Å². The molecule has 2 aromatic carbocycles. The average Bonchev–Trinajstić information content (AvgIpc) is 3.57. The van der Waals surface area contributed by atoms with Crippen LogP contribution in [-0.2, 0) is 41.6 Å². The number of rotatable bonds is 10. The zero-order valence-electron chi connectivity index (χ0n) is 33.3. The molecule has 0 unspecified atom stereocenters. The second kappa shape index (κ2) is 20.2. The highest BCUT2D eigenvalue weighted by atomic mass is 16.5. The van der Waals surface area contributed by atoms with Gasteiger partial charge < -0.3 is 52.3 Å². The fourth-order valence-corrected chi connectivity index (χ4v) is 6.47. The number of aromatic nitrogens is 1. The van der Waals surface area contributed by atoms with Gasteiger partial charge in [0.2, 0.25) is 35.4 Å². The number of aromatic amines is 1. The Bertz CT molecular complexity index is 1910. The van der Waals surface area contributed by atoms with Gasteiger partial charge in [-0.25, -0.2) is 4.79 Å². The van der Waals surface area contributed by atoms with Crippen molar-refractivity contribution < 1.29 is 38.3 Å². The molecule has 1 saturated heterocycles. The molecule has 0 saturated carbocycles. The molecule has 17 nitrogen and oxygen atoms in total. The molecular formula is C40H55N9O8. The number of ether oxygens (including phenoxy) is 1. The Balaban J connectivity index is 1.76. The van der Waals surface area contributed by atoms with Crippen molar-refractivity contribution in [2.75, 3.05) is 26.7 Å². The zero-order valence-corrected chi connectivity index (χ0v) is 33.3. The Hall–Kier alpha value is -6.13. The minimum atomic E-state index is -1.22. The number of amides is 8. The van der Waals surface area contributed by atoms with Crippen molar-refractivity contribution in [2.45, 2.75) is 84.1 Å². The first-order valence-electron chi connectivity index (χ1n) is 19.0. The predicted molar refractivity (Wildman–Crippen MR) is 212 cm³/mol. The smallest absolute Gasteiger partial charge is 0.312 e. The molecule has 8 amide bonds. The van der Waals surface area contributed by atoms with Crippen molar-refractivity contribution in [3.63, 3.8) is 0 Å². The Morgan fingerprint density at radius 2 is 1.46 bits per heavy atom. The van der Waals surface area contributed by atoms with Crippen LogP contribution in [0.5, 0.6) is 5.75 Å². The highest BCUT2D eigenvalue weighted by Crippen LogP contribution is 2.20. The Morgan fingerprint density at radius 1 is 0.825 bits per heavy atom. The number of hydrogen-bond donors (Lipinski definition) is 8. The van der Waals surface area contributed by atoms with Gasteiger partial charge in [0.15, 0.2) is 0 Å². The molecule has 5 atom stereocenters.